The number of rotatable bonds is 17. The molecule has 0 unspecified atom stereocenters. The van der Waals surface area contributed by atoms with Crippen LogP contribution in [0.3, 0.4) is 0 Å². The maximum atomic E-state index is 2.29. The number of unbranched alkanes of at least 4 members (excludes halogenated alkanes) is 11. The third-order valence-corrected chi connectivity index (χ3v) is 8.54. The largest absolute Gasteiger partial charge is 0.349 e. The van der Waals surface area contributed by atoms with E-state index in [9.17, 15) is 0 Å². The van der Waals surface area contributed by atoms with E-state index in [1.807, 2.05) is 0 Å². The van der Waals surface area contributed by atoms with Crippen LogP contribution in [0.25, 0.3) is 0 Å². The van der Waals surface area contributed by atoms with Crippen LogP contribution in [0.5, 0.6) is 0 Å². The lowest BCUT2D eigenvalue weighted by Crippen LogP contribution is -2.79. The van der Waals surface area contributed by atoms with Crippen molar-refractivity contribution in [1.82, 2.24) is 0 Å². The van der Waals surface area contributed by atoms with Crippen LogP contribution in [0.2, 0.25) is 0 Å². The van der Waals surface area contributed by atoms with Gasteiger partial charge in [-0.1, -0.05) is 192 Å². The average Bonchev–Trinajstić information content (AvgIpc) is 3.04. The minimum atomic E-state index is -1.22. The summed E-state index contributed by atoms with van der Waals surface area (Å²) in [4.78, 5) is 0. The Balaban J connectivity index is 0.000000253. The Morgan fingerprint density at radius 3 is 0.927 bits per heavy atom. The average molecular weight is 548 g/mol. The Bertz CT molecular complexity index is 968. The van der Waals surface area contributed by atoms with E-state index in [0.717, 1.165) is 0 Å². The smallest absolute Gasteiger partial charge is 0.108 e. The van der Waals surface area contributed by atoms with Crippen LogP contribution in [-0.4, -0.2) is 19.7 Å². The number of hydrogen-bond acceptors (Lipinski definition) is 0. The highest BCUT2D eigenvalue weighted by Crippen LogP contribution is 2.12. The van der Waals surface area contributed by atoms with E-state index in [4.69, 9.17) is 0 Å². The third-order valence-electron chi connectivity index (χ3n) is 8.54. The lowest BCUT2D eigenvalue weighted by atomic mass is 9.13. The summed E-state index contributed by atoms with van der Waals surface area (Å²) in [5, 5.41) is 2.29. The molecule has 4 aromatic rings. The van der Waals surface area contributed by atoms with Gasteiger partial charge < -0.3 is 5.32 Å². The zero-order valence-corrected chi connectivity index (χ0v) is 25.9. The van der Waals surface area contributed by atoms with Gasteiger partial charge in [0, 0.05) is 0 Å². The van der Waals surface area contributed by atoms with Crippen molar-refractivity contribution in [2.45, 2.75) is 84.0 Å². The SMILES string of the molecule is CCCCCCCCCCCCCC[NH2+]C.c1ccc([B-](c2ccccc2)(c2ccccc2)c2ccccc2)cc1. The molecule has 0 radical (unpaired) electrons. The van der Waals surface area contributed by atoms with Gasteiger partial charge in [-0.05, 0) is 12.8 Å². The van der Waals surface area contributed by atoms with E-state index in [1.165, 1.54) is 105 Å². The van der Waals surface area contributed by atoms with Crippen molar-refractivity contribution in [3.63, 3.8) is 0 Å². The molecule has 2 heteroatoms. The molecule has 0 amide bonds. The minimum absolute atomic E-state index is 1.22. The molecule has 0 saturated carbocycles. The van der Waals surface area contributed by atoms with Gasteiger partial charge in [-0.2, -0.15) is 21.9 Å². The van der Waals surface area contributed by atoms with E-state index in [0.29, 0.717) is 0 Å². The summed E-state index contributed by atoms with van der Waals surface area (Å²) in [6, 6.07) is 43.5. The number of hydrogen-bond donors (Lipinski definition) is 1. The Morgan fingerprint density at radius 2 is 0.659 bits per heavy atom. The van der Waals surface area contributed by atoms with Gasteiger partial charge >= 0.3 is 0 Å². The normalized spacial score (nSPS) is 11.1. The molecule has 218 valence electrons. The summed E-state index contributed by atoms with van der Waals surface area (Å²) in [5.41, 5.74) is 5.36. The molecule has 0 heterocycles. The van der Waals surface area contributed by atoms with Crippen LogP contribution >= 0.6 is 0 Å². The minimum Gasteiger partial charge on any atom is -0.349 e. The number of nitrogens with two attached hydrogens (primary N) is 1. The van der Waals surface area contributed by atoms with Gasteiger partial charge in [0.05, 0.1) is 13.6 Å². The van der Waals surface area contributed by atoms with Crippen molar-refractivity contribution in [2.75, 3.05) is 13.6 Å². The van der Waals surface area contributed by atoms with Crippen LogP contribution in [0.4, 0.5) is 0 Å². The highest BCUT2D eigenvalue weighted by molar-refractivity contribution is 7.19. The lowest BCUT2D eigenvalue weighted by Gasteiger charge is -2.44. The van der Waals surface area contributed by atoms with Crippen molar-refractivity contribution in [3.8, 4) is 0 Å². The van der Waals surface area contributed by atoms with Gasteiger partial charge in [-0.25, -0.2) is 0 Å². The molecule has 2 N–H and O–H groups in total. The molecule has 0 aliphatic heterocycles. The van der Waals surface area contributed by atoms with E-state index in [-0.39, 0.29) is 0 Å². The van der Waals surface area contributed by atoms with Crippen LogP contribution in [-0.2, 0) is 0 Å². The fourth-order valence-corrected chi connectivity index (χ4v) is 6.31. The maximum absolute atomic E-state index is 2.29. The summed E-state index contributed by atoms with van der Waals surface area (Å²) in [7, 11) is 2.17. The summed E-state index contributed by atoms with van der Waals surface area (Å²) in [5.74, 6) is 0. The Kier molecular flexibility index (Phi) is 15.7. The number of benzene rings is 4. The molecule has 0 atom stereocenters. The number of quaternary nitrogens is 1. The maximum Gasteiger partial charge on any atom is 0.108 e. The first-order valence-electron chi connectivity index (χ1n) is 16.5. The lowest BCUT2D eigenvalue weighted by molar-refractivity contribution is -0.627. The molecule has 4 rings (SSSR count). The Morgan fingerprint density at radius 1 is 0.390 bits per heavy atom. The van der Waals surface area contributed by atoms with Crippen LogP contribution in [0.15, 0.2) is 121 Å². The third kappa shape index (κ3) is 10.4. The summed E-state index contributed by atoms with van der Waals surface area (Å²) in [6.45, 7) is 3.60. The molecule has 0 fully saturated rings. The molecule has 41 heavy (non-hydrogen) atoms. The summed E-state index contributed by atoms with van der Waals surface area (Å²) >= 11 is 0. The van der Waals surface area contributed by atoms with Crippen molar-refractivity contribution in [3.05, 3.63) is 121 Å². The van der Waals surface area contributed by atoms with Crippen LogP contribution < -0.4 is 27.2 Å². The van der Waals surface area contributed by atoms with E-state index >= 15 is 0 Å². The van der Waals surface area contributed by atoms with Crippen molar-refractivity contribution in [1.29, 1.82) is 0 Å². The van der Waals surface area contributed by atoms with E-state index in [1.54, 1.807) is 0 Å². The fraction of sp³-hybridized carbons (Fsp3) is 0.385. The zero-order chi connectivity index (χ0) is 28.9. The Labute approximate surface area is 251 Å². The van der Waals surface area contributed by atoms with Crippen molar-refractivity contribution in [2.24, 2.45) is 0 Å². The second kappa shape index (κ2) is 19.9. The highest BCUT2D eigenvalue weighted by atomic mass is 14.8. The first-order valence-corrected chi connectivity index (χ1v) is 16.5. The van der Waals surface area contributed by atoms with Crippen LogP contribution in [0.1, 0.15) is 84.0 Å². The van der Waals surface area contributed by atoms with Gasteiger partial charge in [0.2, 0.25) is 0 Å². The molecule has 0 bridgehead atoms. The molecule has 0 aliphatic carbocycles. The van der Waals surface area contributed by atoms with Gasteiger partial charge in [0.15, 0.2) is 0 Å². The van der Waals surface area contributed by atoms with Crippen molar-refractivity contribution >= 4 is 28.0 Å². The molecule has 0 aromatic heterocycles. The highest BCUT2D eigenvalue weighted by Gasteiger charge is 2.31. The van der Waals surface area contributed by atoms with Gasteiger partial charge in [0.1, 0.15) is 6.15 Å². The predicted octanol–water partition coefficient (Wildman–Crippen LogP) is 6.94. The van der Waals surface area contributed by atoms with Gasteiger partial charge in [-0.3, -0.25) is 0 Å². The standard InChI is InChI=1S/C24H20B.C15H33N/c1-5-13-21(14-6-1)25(22-15-7-2-8-16-22,23-17-9-3-10-18-23)24-19-11-4-12-20-24;1-3-4-5-6-7-8-9-10-11-12-13-14-15-16-2/h1-20H;16H,3-15H2,1-2H3/q-1;/p+1. The summed E-state index contributed by atoms with van der Waals surface area (Å²) in [6.07, 6.45) is 16.2. The second-order valence-electron chi connectivity index (χ2n) is 11.6. The second-order valence-corrected chi connectivity index (χ2v) is 11.6. The molecule has 4 aromatic carbocycles. The quantitative estimate of drug-likeness (QED) is 0.109. The van der Waals surface area contributed by atoms with Gasteiger partial charge in [-0.15, -0.1) is 0 Å². The Hall–Kier alpha value is -3.10. The first kappa shape index (κ1) is 32.4. The molecular weight excluding hydrogens is 493 g/mol. The topological polar surface area (TPSA) is 16.6 Å². The summed E-state index contributed by atoms with van der Waals surface area (Å²) < 4.78 is 0. The molecule has 1 nitrogen and oxygen atoms in total. The first-order chi connectivity index (χ1) is 20.3. The van der Waals surface area contributed by atoms with Crippen molar-refractivity contribution < 1.29 is 5.32 Å². The van der Waals surface area contributed by atoms with Crippen LogP contribution in [0, 0.1) is 0 Å². The molecule has 0 aliphatic rings. The zero-order valence-electron chi connectivity index (χ0n) is 25.9. The molecule has 0 saturated heterocycles. The fourth-order valence-electron chi connectivity index (χ4n) is 6.31. The molecule has 0 spiro atoms. The van der Waals surface area contributed by atoms with E-state index < -0.39 is 6.15 Å². The monoisotopic (exact) mass is 547 g/mol. The molecular formula is C39H54BN. The predicted molar refractivity (Wildman–Crippen MR) is 184 cm³/mol. The van der Waals surface area contributed by atoms with Gasteiger partial charge in [0.25, 0.3) is 0 Å². The van der Waals surface area contributed by atoms with E-state index in [2.05, 4.69) is 141 Å².